The molecule has 0 aliphatic heterocycles. The highest BCUT2D eigenvalue weighted by molar-refractivity contribution is 6.06. The van der Waals surface area contributed by atoms with Gasteiger partial charge in [-0.1, -0.05) is 73.3 Å². The molecule has 0 aromatic heterocycles. The van der Waals surface area contributed by atoms with Crippen LogP contribution in [-0.2, 0) is 0 Å². The van der Waals surface area contributed by atoms with Gasteiger partial charge in [-0.3, -0.25) is 4.79 Å². The van der Waals surface area contributed by atoms with E-state index in [0.29, 0.717) is 5.56 Å². The third-order valence-electron chi connectivity index (χ3n) is 3.72. The SMILES string of the molecule is C=Cc1ccc(Oc2ccc(C=CC(=O)c3ccccc3)cc2)cc1. The van der Waals surface area contributed by atoms with Crippen LogP contribution >= 0.6 is 0 Å². The lowest BCUT2D eigenvalue weighted by molar-refractivity contribution is 0.104. The van der Waals surface area contributed by atoms with Crippen LogP contribution < -0.4 is 4.74 Å². The van der Waals surface area contributed by atoms with Crippen molar-refractivity contribution in [2.24, 2.45) is 0 Å². The number of allylic oxidation sites excluding steroid dienone is 1. The highest BCUT2D eigenvalue weighted by Gasteiger charge is 2.00. The summed E-state index contributed by atoms with van der Waals surface area (Å²) in [5, 5.41) is 0. The third kappa shape index (κ3) is 4.55. The molecule has 0 saturated heterocycles. The van der Waals surface area contributed by atoms with Crippen LogP contribution in [0.1, 0.15) is 21.5 Å². The molecule has 2 heteroatoms. The Morgan fingerprint density at radius 1 is 0.760 bits per heavy atom. The number of benzene rings is 3. The molecule has 0 saturated carbocycles. The van der Waals surface area contributed by atoms with E-state index in [2.05, 4.69) is 6.58 Å². The zero-order valence-electron chi connectivity index (χ0n) is 13.8. The van der Waals surface area contributed by atoms with Crippen LogP contribution in [0, 0.1) is 0 Å². The summed E-state index contributed by atoms with van der Waals surface area (Å²) in [6.07, 6.45) is 5.18. The molecule has 3 rings (SSSR count). The second kappa shape index (κ2) is 7.93. The van der Waals surface area contributed by atoms with Gasteiger partial charge in [-0.25, -0.2) is 0 Å². The van der Waals surface area contributed by atoms with E-state index in [1.807, 2.05) is 66.7 Å². The topological polar surface area (TPSA) is 26.3 Å². The molecule has 0 fully saturated rings. The molecule has 2 nitrogen and oxygen atoms in total. The lowest BCUT2D eigenvalue weighted by Crippen LogP contribution is -1.92. The van der Waals surface area contributed by atoms with Gasteiger partial charge in [-0.05, 0) is 41.5 Å². The van der Waals surface area contributed by atoms with E-state index in [1.165, 1.54) is 0 Å². The average Bonchev–Trinajstić information content (AvgIpc) is 2.68. The van der Waals surface area contributed by atoms with E-state index in [0.717, 1.165) is 22.6 Å². The van der Waals surface area contributed by atoms with Gasteiger partial charge in [0, 0.05) is 5.56 Å². The minimum atomic E-state index is -0.0109. The molecular formula is C23H18O2. The van der Waals surface area contributed by atoms with Gasteiger partial charge in [0.25, 0.3) is 0 Å². The van der Waals surface area contributed by atoms with Crippen molar-refractivity contribution in [2.75, 3.05) is 0 Å². The van der Waals surface area contributed by atoms with Crippen molar-refractivity contribution in [1.82, 2.24) is 0 Å². The molecular weight excluding hydrogens is 308 g/mol. The standard InChI is InChI=1S/C23H18O2/c1-2-18-8-13-21(14-9-18)25-22-15-10-19(11-16-22)12-17-23(24)20-6-4-3-5-7-20/h2-17H,1H2. The molecule has 0 aliphatic carbocycles. The van der Waals surface area contributed by atoms with Gasteiger partial charge in [0.05, 0.1) is 0 Å². The maximum Gasteiger partial charge on any atom is 0.185 e. The van der Waals surface area contributed by atoms with Crippen LogP contribution in [0.5, 0.6) is 11.5 Å². The Hall–Kier alpha value is -3.39. The Bertz CT molecular complexity index is 874. The summed E-state index contributed by atoms with van der Waals surface area (Å²) in [4.78, 5) is 12.1. The highest BCUT2D eigenvalue weighted by Crippen LogP contribution is 2.22. The van der Waals surface area contributed by atoms with Crippen molar-refractivity contribution in [3.8, 4) is 11.5 Å². The molecule has 0 amide bonds. The maximum absolute atomic E-state index is 12.1. The van der Waals surface area contributed by atoms with E-state index < -0.39 is 0 Å². The van der Waals surface area contributed by atoms with Crippen molar-refractivity contribution in [3.05, 3.63) is 108 Å². The van der Waals surface area contributed by atoms with E-state index in [-0.39, 0.29) is 5.78 Å². The second-order valence-corrected chi connectivity index (χ2v) is 5.51. The lowest BCUT2D eigenvalue weighted by Gasteiger charge is -2.06. The normalized spacial score (nSPS) is 10.6. The molecule has 0 bridgehead atoms. The Kier molecular flexibility index (Phi) is 5.22. The fourth-order valence-electron chi connectivity index (χ4n) is 2.33. The molecule has 0 atom stereocenters. The van der Waals surface area contributed by atoms with Crippen LogP contribution in [-0.4, -0.2) is 5.78 Å². The summed E-state index contributed by atoms with van der Waals surface area (Å²) in [6, 6.07) is 24.5. The fraction of sp³-hybridized carbons (Fsp3) is 0. The number of carbonyl (C=O) groups excluding carboxylic acids is 1. The number of rotatable bonds is 6. The molecule has 0 spiro atoms. The lowest BCUT2D eigenvalue weighted by atomic mass is 10.1. The first kappa shape index (κ1) is 16.5. The van der Waals surface area contributed by atoms with E-state index in [4.69, 9.17) is 4.74 Å². The van der Waals surface area contributed by atoms with Gasteiger partial charge < -0.3 is 4.74 Å². The predicted octanol–water partition coefficient (Wildman–Crippen LogP) is 6.02. The number of hydrogen-bond acceptors (Lipinski definition) is 2. The molecule has 0 unspecified atom stereocenters. The molecule has 122 valence electrons. The van der Waals surface area contributed by atoms with E-state index in [9.17, 15) is 4.79 Å². The Labute approximate surface area is 147 Å². The van der Waals surface area contributed by atoms with Crippen molar-refractivity contribution >= 4 is 17.9 Å². The van der Waals surface area contributed by atoms with Crippen LogP contribution in [0.3, 0.4) is 0 Å². The van der Waals surface area contributed by atoms with Crippen molar-refractivity contribution in [1.29, 1.82) is 0 Å². The molecule has 3 aromatic carbocycles. The van der Waals surface area contributed by atoms with Crippen molar-refractivity contribution < 1.29 is 9.53 Å². The number of hydrogen-bond donors (Lipinski definition) is 0. The van der Waals surface area contributed by atoms with Gasteiger partial charge in [0.1, 0.15) is 11.5 Å². The minimum absolute atomic E-state index is 0.0109. The summed E-state index contributed by atoms with van der Waals surface area (Å²) in [6.45, 7) is 3.73. The zero-order chi connectivity index (χ0) is 17.5. The van der Waals surface area contributed by atoms with Gasteiger partial charge >= 0.3 is 0 Å². The molecule has 3 aromatic rings. The zero-order valence-corrected chi connectivity index (χ0v) is 13.8. The van der Waals surface area contributed by atoms with Crippen LogP contribution in [0.25, 0.3) is 12.2 Å². The summed E-state index contributed by atoms with van der Waals surface area (Å²) in [5.41, 5.74) is 2.68. The summed E-state index contributed by atoms with van der Waals surface area (Å²) < 4.78 is 5.80. The Morgan fingerprint density at radius 3 is 1.88 bits per heavy atom. The molecule has 0 N–H and O–H groups in total. The van der Waals surface area contributed by atoms with E-state index >= 15 is 0 Å². The molecule has 0 heterocycles. The largest absolute Gasteiger partial charge is 0.457 e. The minimum Gasteiger partial charge on any atom is -0.457 e. The van der Waals surface area contributed by atoms with Gasteiger partial charge in [-0.2, -0.15) is 0 Å². The Morgan fingerprint density at radius 2 is 1.32 bits per heavy atom. The monoisotopic (exact) mass is 326 g/mol. The average molecular weight is 326 g/mol. The van der Waals surface area contributed by atoms with Gasteiger partial charge in [-0.15, -0.1) is 0 Å². The predicted molar refractivity (Wildman–Crippen MR) is 103 cm³/mol. The first-order valence-corrected chi connectivity index (χ1v) is 8.02. The van der Waals surface area contributed by atoms with Crippen molar-refractivity contribution in [3.63, 3.8) is 0 Å². The number of ketones is 1. The fourth-order valence-corrected chi connectivity index (χ4v) is 2.33. The molecule has 25 heavy (non-hydrogen) atoms. The summed E-state index contributed by atoms with van der Waals surface area (Å²) in [5.74, 6) is 1.51. The van der Waals surface area contributed by atoms with Crippen LogP contribution in [0.15, 0.2) is 91.5 Å². The van der Waals surface area contributed by atoms with Crippen LogP contribution in [0.4, 0.5) is 0 Å². The number of carbonyl (C=O) groups is 1. The third-order valence-corrected chi connectivity index (χ3v) is 3.72. The molecule has 0 aliphatic rings. The molecule has 0 radical (unpaired) electrons. The highest BCUT2D eigenvalue weighted by atomic mass is 16.5. The first-order chi connectivity index (χ1) is 12.2. The van der Waals surface area contributed by atoms with E-state index in [1.54, 1.807) is 30.4 Å². The maximum atomic E-state index is 12.1. The van der Waals surface area contributed by atoms with Crippen LogP contribution in [0.2, 0.25) is 0 Å². The van der Waals surface area contributed by atoms with Crippen molar-refractivity contribution in [2.45, 2.75) is 0 Å². The second-order valence-electron chi connectivity index (χ2n) is 5.51. The smallest absolute Gasteiger partial charge is 0.185 e. The summed E-state index contributed by atoms with van der Waals surface area (Å²) >= 11 is 0. The first-order valence-electron chi connectivity index (χ1n) is 8.02. The Balaban J connectivity index is 1.64. The van der Waals surface area contributed by atoms with Gasteiger partial charge in [0.2, 0.25) is 0 Å². The quantitative estimate of drug-likeness (QED) is 0.409. The summed E-state index contributed by atoms with van der Waals surface area (Å²) in [7, 11) is 0. The number of ether oxygens (including phenoxy) is 1. The van der Waals surface area contributed by atoms with Gasteiger partial charge in [0.15, 0.2) is 5.78 Å².